The fourth-order valence-corrected chi connectivity index (χ4v) is 3.19. The summed E-state index contributed by atoms with van der Waals surface area (Å²) in [7, 11) is 0. The molecule has 3 aromatic heterocycles. The number of hydrogen-bond donors (Lipinski definition) is 1. The first-order valence-electron chi connectivity index (χ1n) is 7.41. The lowest BCUT2D eigenvalue weighted by atomic mass is 10.0. The molecule has 1 unspecified atom stereocenters. The summed E-state index contributed by atoms with van der Waals surface area (Å²) in [4.78, 5) is 4.52. The molecule has 1 atom stereocenters. The highest BCUT2D eigenvalue weighted by Gasteiger charge is 2.18. The van der Waals surface area contributed by atoms with Crippen LogP contribution in [0, 0.1) is 6.92 Å². The third-order valence-corrected chi connectivity index (χ3v) is 4.14. The topological polar surface area (TPSA) is 67.7 Å². The van der Waals surface area contributed by atoms with Gasteiger partial charge in [0, 0.05) is 10.9 Å². The van der Waals surface area contributed by atoms with Gasteiger partial charge in [0.25, 0.3) is 0 Å². The Labute approximate surface area is 127 Å². The quantitative estimate of drug-likeness (QED) is 0.617. The SMILES string of the molecule is CCc1ncn2c3c(C(C)O)cc(C)cc3c3nncn3c12. The summed E-state index contributed by atoms with van der Waals surface area (Å²) in [6, 6.07) is 4.10. The van der Waals surface area contributed by atoms with Gasteiger partial charge in [-0.05, 0) is 31.9 Å². The summed E-state index contributed by atoms with van der Waals surface area (Å²) < 4.78 is 4.01. The van der Waals surface area contributed by atoms with Crippen LogP contribution < -0.4 is 0 Å². The smallest absolute Gasteiger partial charge is 0.171 e. The molecule has 112 valence electrons. The summed E-state index contributed by atoms with van der Waals surface area (Å²) in [6.45, 7) is 5.88. The van der Waals surface area contributed by atoms with Gasteiger partial charge in [-0.25, -0.2) is 4.98 Å². The second-order valence-electron chi connectivity index (χ2n) is 5.69. The number of nitrogens with zero attached hydrogens (tertiary/aromatic N) is 5. The highest BCUT2D eigenvalue weighted by Crippen LogP contribution is 2.30. The lowest BCUT2D eigenvalue weighted by Crippen LogP contribution is -2.03. The number of fused-ring (bicyclic) bond motifs is 6. The standard InChI is InChI=1S/C16H17N5O/c1-4-13-16-20(7-17-13)14-11(10(3)22)5-9(2)6-12(14)15-19-18-8-21(15)16/h5-8,10,22H,4H2,1-3H3. The summed E-state index contributed by atoms with van der Waals surface area (Å²) >= 11 is 0. The first kappa shape index (κ1) is 13.2. The van der Waals surface area contributed by atoms with Crippen molar-refractivity contribution in [3.8, 4) is 0 Å². The van der Waals surface area contributed by atoms with Crippen molar-refractivity contribution in [2.24, 2.45) is 0 Å². The van der Waals surface area contributed by atoms with Gasteiger partial charge in [-0.2, -0.15) is 0 Å². The van der Waals surface area contributed by atoms with Crippen LogP contribution in [0.3, 0.4) is 0 Å². The maximum atomic E-state index is 10.2. The number of aliphatic hydroxyl groups is 1. The first-order chi connectivity index (χ1) is 10.6. The van der Waals surface area contributed by atoms with E-state index in [1.165, 1.54) is 0 Å². The van der Waals surface area contributed by atoms with Crippen molar-refractivity contribution in [2.45, 2.75) is 33.3 Å². The Morgan fingerprint density at radius 1 is 1.23 bits per heavy atom. The number of aliphatic hydroxyl groups excluding tert-OH is 1. The van der Waals surface area contributed by atoms with Crippen LogP contribution >= 0.6 is 0 Å². The van der Waals surface area contributed by atoms with Crippen LogP contribution in [0.1, 0.15) is 36.8 Å². The number of aryl methyl sites for hydroxylation is 2. The predicted octanol–water partition coefficient (Wildman–Crippen LogP) is 2.45. The number of rotatable bonds is 2. The summed E-state index contributed by atoms with van der Waals surface area (Å²) in [6.07, 6.45) is 3.79. The largest absolute Gasteiger partial charge is 0.389 e. The lowest BCUT2D eigenvalue weighted by molar-refractivity contribution is 0.200. The second kappa shape index (κ2) is 4.51. The minimum atomic E-state index is -0.566. The Hall–Kier alpha value is -2.47. The van der Waals surface area contributed by atoms with Gasteiger partial charge in [0.15, 0.2) is 5.65 Å². The van der Waals surface area contributed by atoms with Gasteiger partial charge in [0.1, 0.15) is 18.3 Å². The summed E-state index contributed by atoms with van der Waals surface area (Å²) in [5.41, 5.74) is 5.66. The maximum absolute atomic E-state index is 10.2. The van der Waals surface area contributed by atoms with Crippen LogP contribution in [0.25, 0.3) is 22.2 Å². The Balaban J connectivity index is 2.36. The molecule has 4 aromatic rings. The van der Waals surface area contributed by atoms with Gasteiger partial charge in [-0.3, -0.25) is 8.80 Å². The van der Waals surface area contributed by atoms with E-state index in [0.29, 0.717) is 0 Å². The van der Waals surface area contributed by atoms with Gasteiger partial charge in [-0.15, -0.1) is 10.2 Å². The van der Waals surface area contributed by atoms with E-state index in [-0.39, 0.29) is 0 Å². The van der Waals surface area contributed by atoms with Crippen molar-refractivity contribution in [1.82, 2.24) is 24.0 Å². The summed E-state index contributed by atoms with van der Waals surface area (Å²) in [5.74, 6) is 0. The summed E-state index contributed by atoms with van der Waals surface area (Å²) in [5, 5.41) is 19.5. The monoisotopic (exact) mass is 295 g/mol. The van der Waals surface area contributed by atoms with Gasteiger partial charge in [0.05, 0.1) is 17.3 Å². The van der Waals surface area contributed by atoms with E-state index in [1.807, 2.05) is 28.1 Å². The normalized spacial score (nSPS) is 13.5. The molecule has 0 aliphatic rings. The zero-order valence-electron chi connectivity index (χ0n) is 12.8. The molecule has 1 N–H and O–H groups in total. The van der Waals surface area contributed by atoms with Crippen molar-refractivity contribution >= 4 is 22.2 Å². The van der Waals surface area contributed by atoms with Crippen LogP contribution in [0.5, 0.6) is 0 Å². The Morgan fingerprint density at radius 3 is 2.77 bits per heavy atom. The van der Waals surface area contributed by atoms with Crippen molar-refractivity contribution in [3.05, 3.63) is 41.6 Å². The van der Waals surface area contributed by atoms with Gasteiger partial charge >= 0.3 is 0 Å². The van der Waals surface area contributed by atoms with E-state index in [9.17, 15) is 5.11 Å². The van der Waals surface area contributed by atoms with E-state index in [4.69, 9.17) is 0 Å². The van der Waals surface area contributed by atoms with Crippen molar-refractivity contribution in [1.29, 1.82) is 0 Å². The third kappa shape index (κ3) is 1.61. The molecule has 6 heteroatoms. The lowest BCUT2D eigenvalue weighted by Gasteiger charge is -2.14. The van der Waals surface area contributed by atoms with E-state index in [1.54, 1.807) is 13.3 Å². The second-order valence-corrected chi connectivity index (χ2v) is 5.69. The molecule has 0 bridgehead atoms. The van der Waals surface area contributed by atoms with Crippen LogP contribution in [-0.2, 0) is 6.42 Å². The minimum absolute atomic E-state index is 0.566. The molecular formula is C16H17N5O. The molecule has 4 rings (SSSR count). The Morgan fingerprint density at radius 2 is 2.05 bits per heavy atom. The molecule has 0 radical (unpaired) electrons. The van der Waals surface area contributed by atoms with E-state index >= 15 is 0 Å². The zero-order valence-corrected chi connectivity index (χ0v) is 12.8. The molecule has 0 fully saturated rings. The highest BCUT2D eigenvalue weighted by atomic mass is 16.3. The third-order valence-electron chi connectivity index (χ3n) is 4.14. The predicted molar refractivity (Wildman–Crippen MR) is 84.0 cm³/mol. The van der Waals surface area contributed by atoms with E-state index in [0.717, 1.165) is 45.4 Å². The molecule has 0 spiro atoms. The highest BCUT2D eigenvalue weighted by molar-refractivity contribution is 5.96. The molecule has 22 heavy (non-hydrogen) atoms. The molecule has 0 aliphatic heterocycles. The minimum Gasteiger partial charge on any atom is -0.389 e. The fraction of sp³-hybridized carbons (Fsp3) is 0.312. The number of imidazole rings is 1. The molecule has 0 aliphatic carbocycles. The molecule has 1 aromatic carbocycles. The first-order valence-corrected chi connectivity index (χ1v) is 7.41. The maximum Gasteiger partial charge on any atom is 0.171 e. The van der Waals surface area contributed by atoms with Crippen molar-refractivity contribution in [2.75, 3.05) is 0 Å². The Kier molecular flexibility index (Phi) is 2.71. The average Bonchev–Trinajstić information content (AvgIpc) is 3.12. The van der Waals surface area contributed by atoms with Crippen LogP contribution in [-0.4, -0.2) is 29.1 Å². The van der Waals surface area contributed by atoms with E-state index in [2.05, 4.69) is 28.2 Å². The van der Waals surface area contributed by atoms with Gasteiger partial charge in [0.2, 0.25) is 0 Å². The molecule has 0 saturated carbocycles. The zero-order chi connectivity index (χ0) is 15.4. The number of hydrogen-bond acceptors (Lipinski definition) is 4. The number of benzene rings is 1. The van der Waals surface area contributed by atoms with Crippen LogP contribution in [0.15, 0.2) is 24.8 Å². The van der Waals surface area contributed by atoms with Crippen LogP contribution in [0.2, 0.25) is 0 Å². The number of aromatic nitrogens is 5. The molecule has 0 saturated heterocycles. The molecule has 0 amide bonds. The fourth-order valence-electron chi connectivity index (χ4n) is 3.19. The molecule has 6 nitrogen and oxygen atoms in total. The van der Waals surface area contributed by atoms with Crippen molar-refractivity contribution in [3.63, 3.8) is 0 Å². The van der Waals surface area contributed by atoms with Crippen molar-refractivity contribution < 1.29 is 5.11 Å². The van der Waals surface area contributed by atoms with E-state index < -0.39 is 6.10 Å². The molecular weight excluding hydrogens is 278 g/mol. The molecule has 3 heterocycles. The average molecular weight is 295 g/mol. The van der Waals surface area contributed by atoms with Crippen LogP contribution in [0.4, 0.5) is 0 Å². The van der Waals surface area contributed by atoms with Gasteiger partial charge in [-0.1, -0.05) is 13.0 Å². The Bertz CT molecular complexity index is 1010. The van der Waals surface area contributed by atoms with Gasteiger partial charge < -0.3 is 5.11 Å².